The molecule has 1 rings (SSSR count). The van der Waals surface area contributed by atoms with Crippen LogP contribution in [0.2, 0.25) is 0 Å². The van der Waals surface area contributed by atoms with Gasteiger partial charge >= 0.3 is 0 Å². The Labute approximate surface area is 89.7 Å². The van der Waals surface area contributed by atoms with E-state index in [-0.39, 0.29) is 17.7 Å². The molecule has 0 saturated carbocycles. The monoisotopic (exact) mass is 214 g/mol. The molecule has 1 aliphatic rings. The molecule has 1 aliphatic heterocycles. The van der Waals surface area contributed by atoms with Gasteiger partial charge in [0.05, 0.1) is 12.0 Å². The number of aliphatic hydroxyl groups is 1. The molecule has 0 bridgehead atoms. The zero-order chi connectivity index (χ0) is 11.6. The van der Waals surface area contributed by atoms with Crippen LogP contribution in [0, 0.1) is 5.92 Å². The highest BCUT2D eigenvalue weighted by Crippen LogP contribution is 2.17. The number of nitrogens with zero attached hydrogens (tertiary/aromatic N) is 2. The van der Waals surface area contributed by atoms with Crippen LogP contribution < -0.4 is 0 Å². The molecule has 1 heterocycles. The van der Waals surface area contributed by atoms with Crippen LogP contribution in [0.1, 0.15) is 13.3 Å². The minimum absolute atomic E-state index is 0.0128. The van der Waals surface area contributed by atoms with Gasteiger partial charge in [-0.15, -0.1) is 0 Å². The molecule has 5 nitrogen and oxygen atoms in total. The Bertz CT molecular complexity index is 265. The largest absolute Gasteiger partial charge is 0.392 e. The van der Waals surface area contributed by atoms with E-state index in [0.717, 1.165) is 0 Å². The summed E-state index contributed by atoms with van der Waals surface area (Å²) < 4.78 is 0. The summed E-state index contributed by atoms with van der Waals surface area (Å²) >= 11 is 0. The second-order valence-corrected chi connectivity index (χ2v) is 4.24. The average molecular weight is 214 g/mol. The van der Waals surface area contributed by atoms with Crippen molar-refractivity contribution in [2.24, 2.45) is 5.92 Å². The van der Waals surface area contributed by atoms with Crippen LogP contribution >= 0.6 is 0 Å². The molecule has 86 valence electrons. The molecule has 0 aliphatic carbocycles. The lowest BCUT2D eigenvalue weighted by atomic mass is 10.1. The van der Waals surface area contributed by atoms with Gasteiger partial charge in [0.25, 0.3) is 0 Å². The quantitative estimate of drug-likeness (QED) is 0.676. The first kappa shape index (κ1) is 12.0. The molecular formula is C10H18N2O3. The number of rotatable bonds is 3. The standard InChI is InChI=1S/C10H18N2O3/c1-7(13)5-12(3)10(15)8-4-9(14)11(2)6-8/h7-8,13H,4-6H2,1-3H3. The van der Waals surface area contributed by atoms with E-state index in [1.54, 1.807) is 25.9 Å². The van der Waals surface area contributed by atoms with Crippen molar-refractivity contribution in [2.45, 2.75) is 19.4 Å². The zero-order valence-electron chi connectivity index (χ0n) is 9.43. The molecule has 0 aromatic carbocycles. The van der Waals surface area contributed by atoms with Gasteiger partial charge < -0.3 is 14.9 Å². The molecule has 2 atom stereocenters. The fraction of sp³-hybridized carbons (Fsp3) is 0.800. The van der Waals surface area contributed by atoms with Crippen molar-refractivity contribution >= 4 is 11.8 Å². The second-order valence-electron chi connectivity index (χ2n) is 4.24. The molecule has 0 aromatic heterocycles. The van der Waals surface area contributed by atoms with Gasteiger partial charge in [-0.3, -0.25) is 9.59 Å². The molecule has 1 fully saturated rings. The van der Waals surface area contributed by atoms with Crippen molar-refractivity contribution in [1.29, 1.82) is 0 Å². The predicted molar refractivity (Wildman–Crippen MR) is 55.1 cm³/mol. The Morgan fingerprint density at radius 1 is 1.73 bits per heavy atom. The Balaban J connectivity index is 2.51. The lowest BCUT2D eigenvalue weighted by Crippen LogP contribution is -2.38. The van der Waals surface area contributed by atoms with E-state index in [4.69, 9.17) is 5.11 Å². The van der Waals surface area contributed by atoms with Gasteiger partial charge in [0.1, 0.15) is 0 Å². The maximum Gasteiger partial charge on any atom is 0.227 e. The van der Waals surface area contributed by atoms with Crippen molar-refractivity contribution in [3.63, 3.8) is 0 Å². The van der Waals surface area contributed by atoms with Crippen LogP contribution in [0.15, 0.2) is 0 Å². The summed E-state index contributed by atoms with van der Waals surface area (Å²) in [4.78, 5) is 26.1. The number of hydrogen-bond acceptors (Lipinski definition) is 3. The van der Waals surface area contributed by atoms with Gasteiger partial charge in [-0.1, -0.05) is 0 Å². The Hall–Kier alpha value is -1.10. The highest BCUT2D eigenvalue weighted by Gasteiger charge is 2.33. The molecule has 2 amide bonds. The minimum Gasteiger partial charge on any atom is -0.392 e. The third kappa shape index (κ3) is 2.92. The maximum atomic E-state index is 11.8. The average Bonchev–Trinajstić information content (AvgIpc) is 2.44. The Kier molecular flexibility index (Phi) is 3.68. The normalized spacial score (nSPS) is 23.1. The van der Waals surface area contributed by atoms with Crippen molar-refractivity contribution in [2.75, 3.05) is 27.2 Å². The first-order valence-electron chi connectivity index (χ1n) is 5.08. The third-order valence-electron chi connectivity index (χ3n) is 2.60. The zero-order valence-corrected chi connectivity index (χ0v) is 9.43. The Morgan fingerprint density at radius 3 is 2.73 bits per heavy atom. The van der Waals surface area contributed by atoms with Gasteiger partial charge in [0.15, 0.2) is 0 Å². The number of likely N-dealkylation sites (tertiary alicyclic amines) is 1. The van der Waals surface area contributed by atoms with Crippen molar-refractivity contribution in [1.82, 2.24) is 9.80 Å². The van der Waals surface area contributed by atoms with Crippen LogP contribution in [-0.2, 0) is 9.59 Å². The SMILES string of the molecule is CC(O)CN(C)C(=O)C1CC(=O)N(C)C1. The highest BCUT2D eigenvalue weighted by molar-refractivity contribution is 5.89. The summed E-state index contributed by atoms with van der Waals surface area (Å²) in [5.41, 5.74) is 0. The number of likely N-dealkylation sites (N-methyl/N-ethyl adjacent to an activating group) is 1. The smallest absolute Gasteiger partial charge is 0.227 e. The minimum atomic E-state index is -0.534. The number of hydrogen-bond donors (Lipinski definition) is 1. The van der Waals surface area contributed by atoms with Crippen LogP contribution in [0.25, 0.3) is 0 Å². The summed E-state index contributed by atoms with van der Waals surface area (Å²) in [5, 5.41) is 9.15. The van der Waals surface area contributed by atoms with Crippen LogP contribution in [0.4, 0.5) is 0 Å². The van der Waals surface area contributed by atoms with Crippen LogP contribution in [0.3, 0.4) is 0 Å². The fourth-order valence-electron chi connectivity index (χ4n) is 1.83. The van der Waals surface area contributed by atoms with E-state index in [1.807, 2.05) is 0 Å². The first-order valence-corrected chi connectivity index (χ1v) is 5.08. The fourth-order valence-corrected chi connectivity index (χ4v) is 1.83. The van der Waals surface area contributed by atoms with E-state index < -0.39 is 6.10 Å². The van der Waals surface area contributed by atoms with Gasteiger partial charge in [0.2, 0.25) is 11.8 Å². The number of amides is 2. The molecule has 5 heteroatoms. The lowest BCUT2D eigenvalue weighted by molar-refractivity contribution is -0.135. The van der Waals surface area contributed by atoms with Crippen LogP contribution in [0.5, 0.6) is 0 Å². The molecule has 15 heavy (non-hydrogen) atoms. The molecule has 1 N–H and O–H groups in total. The van der Waals surface area contributed by atoms with E-state index in [9.17, 15) is 9.59 Å². The number of carbonyl (C=O) groups excluding carboxylic acids is 2. The van der Waals surface area contributed by atoms with Crippen molar-refractivity contribution < 1.29 is 14.7 Å². The summed E-state index contributed by atoms with van der Waals surface area (Å²) in [6, 6.07) is 0. The summed E-state index contributed by atoms with van der Waals surface area (Å²) in [7, 11) is 3.35. The third-order valence-corrected chi connectivity index (χ3v) is 2.60. The molecular weight excluding hydrogens is 196 g/mol. The van der Waals surface area contributed by atoms with Crippen LogP contribution in [-0.4, -0.2) is 60.0 Å². The van der Waals surface area contributed by atoms with Gasteiger partial charge in [-0.05, 0) is 6.92 Å². The summed E-state index contributed by atoms with van der Waals surface area (Å²) in [6.45, 7) is 2.44. The van der Waals surface area contributed by atoms with Gasteiger partial charge in [-0.25, -0.2) is 0 Å². The highest BCUT2D eigenvalue weighted by atomic mass is 16.3. The molecule has 0 radical (unpaired) electrons. The van der Waals surface area contributed by atoms with Crippen molar-refractivity contribution in [3.05, 3.63) is 0 Å². The summed E-state index contributed by atoms with van der Waals surface area (Å²) in [6.07, 6.45) is -0.242. The van der Waals surface area contributed by atoms with Crippen molar-refractivity contribution in [3.8, 4) is 0 Å². The Morgan fingerprint density at radius 2 is 2.33 bits per heavy atom. The number of aliphatic hydroxyl groups excluding tert-OH is 1. The predicted octanol–water partition coefficient (Wildman–Crippen LogP) is -0.696. The second kappa shape index (κ2) is 4.61. The molecule has 1 saturated heterocycles. The topological polar surface area (TPSA) is 60.9 Å². The molecule has 0 aromatic rings. The van der Waals surface area contributed by atoms with E-state index in [2.05, 4.69) is 0 Å². The van der Waals surface area contributed by atoms with E-state index in [1.165, 1.54) is 4.90 Å². The first-order chi connectivity index (χ1) is 6.91. The molecule has 0 spiro atoms. The van der Waals surface area contributed by atoms with E-state index in [0.29, 0.717) is 19.5 Å². The van der Waals surface area contributed by atoms with Gasteiger partial charge in [0, 0.05) is 33.6 Å². The number of carbonyl (C=O) groups is 2. The maximum absolute atomic E-state index is 11.8. The van der Waals surface area contributed by atoms with E-state index >= 15 is 0 Å². The molecule has 2 unspecified atom stereocenters. The summed E-state index contributed by atoms with van der Waals surface area (Å²) in [5.74, 6) is -0.293. The van der Waals surface area contributed by atoms with Gasteiger partial charge in [-0.2, -0.15) is 0 Å². The lowest BCUT2D eigenvalue weighted by Gasteiger charge is -2.21.